The van der Waals surface area contributed by atoms with Crippen LogP contribution in [0.25, 0.3) is 0 Å². The van der Waals surface area contributed by atoms with Gasteiger partial charge in [0.1, 0.15) is 11.4 Å². The molecule has 2 nitrogen and oxygen atoms in total. The van der Waals surface area contributed by atoms with E-state index in [0.29, 0.717) is 6.54 Å². The molecule has 0 aliphatic carbocycles. The zero-order valence-corrected chi connectivity index (χ0v) is 9.50. The van der Waals surface area contributed by atoms with E-state index < -0.39 is 0 Å². The quantitative estimate of drug-likeness (QED) is 0.710. The molecule has 1 aromatic rings. The molecular formula is C13H17NO. The van der Waals surface area contributed by atoms with E-state index in [0.717, 1.165) is 11.3 Å². The molecule has 0 bridgehead atoms. The maximum atomic E-state index is 5.69. The van der Waals surface area contributed by atoms with Crippen molar-refractivity contribution in [3.05, 3.63) is 29.8 Å². The van der Waals surface area contributed by atoms with Crippen molar-refractivity contribution in [1.29, 1.82) is 0 Å². The number of benzene rings is 1. The first kappa shape index (κ1) is 11.6. The summed E-state index contributed by atoms with van der Waals surface area (Å²) in [5.74, 6) is 6.63. The van der Waals surface area contributed by atoms with E-state index in [4.69, 9.17) is 10.5 Å². The number of ether oxygens (including phenoxy) is 1. The van der Waals surface area contributed by atoms with Crippen molar-refractivity contribution in [2.24, 2.45) is 5.73 Å². The molecule has 0 unspecified atom stereocenters. The summed E-state index contributed by atoms with van der Waals surface area (Å²) >= 11 is 0. The van der Waals surface area contributed by atoms with E-state index >= 15 is 0 Å². The van der Waals surface area contributed by atoms with Gasteiger partial charge in [0.05, 0.1) is 6.54 Å². The standard InChI is InChI=1S/C13H17NO/c1-13(2,3)15-12-8-6-11(7-9-12)5-4-10-14/h6-9H,10,14H2,1-3H3. The Morgan fingerprint density at radius 1 is 1.20 bits per heavy atom. The number of hydrogen-bond donors (Lipinski definition) is 1. The van der Waals surface area contributed by atoms with Crippen LogP contribution < -0.4 is 10.5 Å². The molecule has 0 fully saturated rings. The predicted molar refractivity (Wildman–Crippen MR) is 62.8 cm³/mol. The highest BCUT2D eigenvalue weighted by Crippen LogP contribution is 2.17. The summed E-state index contributed by atoms with van der Waals surface area (Å²) in [6.45, 7) is 6.46. The van der Waals surface area contributed by atoms with Gasteiger partial charge in [-0.3, -0.25) is 0 Å². The normalized spacial score (nSPS) is 10.4. The molecule has 0 saturated carbocycles. The first-order valence-corrected chi connectivity index (χ1v) is 4.99. The molecule has 2 N–H and O–H groups in total. The zero-order chi connectivity index (χ0) is 11.3. The second-order valence-electron chi connectivity index (χ2n) is 4.24. The van der Waals surface area contributed by atoms with E-state index in [-0.39, 0.29) is 5.60 Å². The van der Waals surface area contributed by atoms with Crippen LogP contribution in [0.1, 0.15) is 26.3 Å². The predicted octanol–water partition coefficient (Wildman–Crippen LogP) is 2.17. The van der Waals surface area contributed by atoms with Gasteiger partial charge >= 0.3 is 0 Å². The molecule has 0 atom stereocenters. The second-order valence-corrected chi connectivity index (χ2v) is 4.24. The molecule has 15 heavy (non-hydrogen) atoms. The van der Waals surface area contributed by atoms with Crippen LogP contribution in [0, 0.1) is 11.8 Å². The maximum Gasteiger partial charge on any atom is 0.120 e. The van der Waals surface area contributed by atoms with Gasteiger partial charge < -0.3 is 10.5 Å². The number of hydrogen-bond acceptors (Lipinski definition) is 2. The van der Waals surface area contributed by atoms with Crippen LogP contribution in [0.4, 0.5) is 0 Å². The summed E-state index contributed by atoms with van der Waals surface area (Å²) in [5, 5.41) is 0. The molecular weight excluding hydrogens is 186 g/mol. The van der Waals surface area contributed by atoms with Crippen molar-refractivity contribution in [1.82, 2.24) is 0 Å². The fourth-order valence-electron chi connectivity index (χ4n) is 1.11. The summed E-state index contributed by atoms with van der Waals surface area (Å²) in [7, 11) is 0. The van der Waals surface area contributed by atoms with E-state index in [2.05, 4.69) is 11.8 Å². The largest absolute Gasteiger partial charge is 0.488 e. The fourth-order valence-corrected chi connectivity index (χ4v) is 1.11. The third kappa shape index (κ3) is 4.53. The number of nitrogens with two attached hydrogens (primary N) is 1. The second kappa shape index (κ2) is 4.86. The van der Waals surface area contributed by atoms with Gasteiger partial charge in [-0.2, -0.15) is 0 Å². The van der Waals surface area contributed by atoms with E-state index in [9.17, 15) is 0 Å². The summed E-state index contributed by atoms with van der Waals surface area (Å²) in [6, 6.07) is 7.71. The van der Waals surface area contributed by atoms with Crippen LogP contribution in [0.5, 0.6) is 5.75 Å². The third-order valence-corrected chi connectivity index (χ3v) is 1.61. The summed E-state index contributed by atoms with van der Waals surface area (Å²) in [4.78, 5) is 0. The van der Waals surface area contributed by atoms with Gasteiger partial charge in [0.25, 0.3) is 0 Å². The molecule has 0 radical (unpaired) electrons. The fraction of sp³-hybridized carbons (Fsp3) is 0.385. The van der Waals surface area contributed by atoms with Crippen LogP contribution in [-0.4, -0.2) is 12.1 Å². The Kier molecular flexibility index (Phi) is 3.76. The van der Waals surface area contributed by atoms with Gasteiger partial charge in [-0.15, -0.1) is 0 Å². The SMILES string of the molecule is CC(C)(C)Oc1ccc(C#CCN)cc1. The third-order valence-electron chi connectivity index (χ3n) is 1.61. The van der Waals surface area contributed by atoms with E-state index in [1.165, 1.54) is 0 Å². The van der Waals surface area contributed by atoms with Crippen molar-refractivity contribution < 1.29 is 4.74 Å². The highest BCUT2D eigenvalue weighted by Gasteiger charge is 2.10. The van der Waals surface area contributed by atoms with Crippen molar-refractivity contribution in [2.75, 3.05) is 6.54 Å². The van der Waals surface area contributed by atoms with Crippen LogP contribution in [0.2, 0.25) is 0 Å². The van der Waals surface area contributed by atoms with E-state index in [1.54, 1.807) is 0 Å². The average Bonchev–Trinajstić information content (AvgIpc) is 2.14. The Labute approximate surface area is 91.4 Å². The van der Waals surface area contributed by atoms with E-state index in [1.807, 2.05) is 45.0 Å². The lowest BCUT2D eigenvalue weighted by Gasteiger charge is -2.21. The molecule has 0 aliphatic rings. The zero-order valence-electron chi connectivity index (χ0n) is 9.50. The molecule has 0 saturated heterocycles. The van der Waals surface area contributed by atoms with Gasteiger partial charge in [0, 0.05) is 5.56 Å². The average molecular weight is 203 g/mol. The smallest absolute Gasteiger partial charge is 0.120 e. The van der Waals surface area contributed by atoms with Crippen LogP contribution in [0.3, 0.4) is 0 Å². The Morgan fingerprint density at radius 3 is 2.27 bits per heavy atom. The lowest BCUT2D eigenvalue weighted by atomic mass is 10.2. The van der Waals surface area contributed by atoms with Gasteiger partial charge in [-0.05, 0) is 45.0 Å². The Hall–Kier alpha value is -1.46. The molecule has 0 heterocycles. The monoisotopic (exact) mass is 203 g/mol. The Morgan fingerprint density at radius 2 is 1.80 bits per heavy atom. The van der Waals surface area contributed by atoms with Gasteiger partial charge in [0.15, 0.2) is 0 Å². The molecule has 0 spiro atoms. The van der Waals surface area contributed by atoms with Gasteiger partial charge in [-0.25, -0.2) is 0 Å². The first-order valence-electron chi connectivity index (χ1n) is 4.99. The molecule has 80 valence electrons. The van der Waals surface area contributed by atoms with Crippen molar-refractivity contribution in [2.45, 2.75) is 26.4 Å². The minimum atomic E-state index is -0.162. The maximum absolute atomic E-state index is 5.69. The molecule has 2 heteroatoms. The van der Waals surface area contributed by atoms with Crippen LogP contribution in [0.15, 0.2) is 24.3 Å². The topological polar surface area (TPSA) is 35.2 Å². The number of rotatable bonds is 1. The molecule has 0 aliphatic heterocycles. The van der Waals surface area contributed by atoms with Crippen molar-refractivity contribution in [3.63, 3.8) is 0 Å². The van der Waals surface area contributed by atoms with Crippen molar-refractivity contribution >= 4 is 0 Å². The van der Waals surface area contributed by atoms with Gasteiger partial charge in [-0.1, -0.05) is 11.8 Å². The Balaban J connectivity index is 2.73. The van der Waals surface area contributed by atoms with Crippen LogP contribution >= 0.6 is 0 Å². The highest BCUT2D eigenvalue weighted by atomic mass is 16.5. The summed E-state index contributed by atoms with van der Waals surface area (Å²) < 4.78 is 5.69. The molecule has 0 amide bonds. The lowest BCUT2D eigenvalue weighted by molar-refractivity contribution is 0.131. The van der Waals surface area contributed by atoms with Crippen LogP contribution in [-0.2, 0) is 0 Å². The summed E-state index contributed by atoms with van der Waals surface area (Å²) in [6.07, 6.45) is 0. The lowest BCUT2D eigenvalue weighted by Crippen LogP contribution is -2.22. The minimum Gasteiger partial charge on any atom is -0.488 e. The molecule has 1 rings (SSSR count). The first-order chi connectivity index (χ1) is 7.01. The molecule has 0 aromatic heterocycles. The Bertz CT molecular complexity index is 362. The summed E-state index contributed by atoms with van der Waals surface area (Å²) in [5.41, 5.74) is 6.09. The van der Waals surface area contributed by atoms with Gasteiger partial charge in [0.2, 0.25) is 0 Å². The minimum absolute atomic E-state index is 0.162. The molecule has 1 aromatic carbocycles. The van der Waals surface area contributed by atoms with Crippen molar-refractivity contribution in [3.8, 4) is 17.6 Å². The highest BCUT2D eigenvalue weighted by molar-refractivity contribution is 5.38.